The molecule has 0 radical (unpaired) electrons. The first-order valence-electron chi connectivity index (χ1n) is 9.66. The van der Waals surface area contributed by atoms with E-state index in [4.69, 9.17) is 14.0 Å². The Morgan fingerprint density at radius 2 is 1.77 bits per heavy atom. The smallest absolute Gasteiger partial charge is 0.258 e. The Morgan fingerprint density at radius 1 is 0.968 bits per heavy atom. The number of carbonyl (C=O) groups excluding carboxylic acids is 1. The average molecular weight is 415 g/mol. The second-order valence-corrected chi connectivity index (χ2v) is 6.78. The van der Waals surface area contributed by atoms with Gasteiger partial charge in [0.15, 0.2) is 0 Å². The van der Waals surface area contributed by atoms with Gasteiger partial charge in [0.1, 0.15) is 11.5 Å². The molecule has 156 valence electrons. The third-order valence-electron chi connectivity index (χ3n) is 4.69. The van der Waals surface area contributed by atoms with Gasteiger partial charge < -0.3 is 19.3 Å². The fraction of sp³-hybridized carbons (Fsp3) is 0.125. The standard InChI is InChI=1S/C24H21N3O4/c1-29-19-12-10-16(11-13-19)14-22(28)25-18-7-5-6-17(15-18)24-26-23(27-31-24)20-8-3-4-9-21(20)30-2/h3-13,15H,14H2,1-2H3,(H,25,28). The van der Waals surface area contributed by atoms with E-state index in [9.17, 15) is 4.79 Å². The van der Waals surface area contributed by atoms with Crippen LogP contribution in [0.1, 0.15) is 5.56 Å². The number of aromatic nitrogens is 2. The number of rotatable bonds is 7. The Hall–Kier alpha value is -4.13. The van der Waals surface area contributed by atoms with Gasteiger partial charge in [-0.1, -0.05) is 35.5 Å². The molecule has 4 rings (SSSR count). The van der Waals surface area contributed by atoms with Crippen molar-refractivity contribution in [3.63, 3.8) is 0 Å². The summed E-state index contributed by atoms with van der Waals surface area (Å²) in [6, 6.07) is 22.1. The zero-order chi connectivity index (χ0) is 21.6. The van der Waals surface area contributed by atoms with Crippen molar-refractivity contribution in [1.29, 1.82) is 0 Å². The van der Waals surface area contributed by atoms with Crippen molar-refractivity contribution in [3.8, 4) is 34.3 Å². The highest BCUT2D eigenvalue weighted by atomic mass is 16.5. The van der Waals surface area contributed by atoms with E-state index in [1.807, 2.05) is 66.7 Å². The molecule has 31 heavy (non-hydrogen) atoms. The molecule has 0 aliphatic heterocycles. The van der Waals surface area contributed by atoms with E-state index in [0.29, 0.717) is 28.7 Å². The SMILES string of the molecule is COc1ccc(CC(=O)Nc2cccc(-c3nc(-c4ccccc4OC)no3)c2)cc1. The third-order valence-corrected chi connectivity index (χ3v) is 4.69. The Balaban J connectivity index is 1.48. The first kappa shape index (κ1) is 20.2. The first-order valence-corrected chi connectivity index (χ1v) is 9.66. The summed E-state index contributed by atoms with van der Waals surface area (Å²) in [4.78, 5) is 16.9. The number of anilines is 1. The molecule has 7 nitrogen and oxygen atoms in total. The van der Waals surface area contributed by atoms with Crippen LogP contribution in [0.5, 0.6) is 11.5 Å². The summed E-state index contributed by atoms with van der Waals surface area (Å²) in [7, 11) is 3.20. The van der Waals surface area contributed by atoms with Crippen LogP contribution in [0.15, 0.2) is 77.3 Å². The lowest BCUT2D eigenvalue weighted by atomic mass is 10.1. The number of benzene rings is 3. The van der Waals surface area contributed by atoms with Crippen molar-refractivity contribution in [3.05, 3.63) is 78.4 Å². The number of nitrogens with one attached hydrogen (secondary N) is 1. The van der Waals surface area contributed by atoms with Crippen LogP contribution in [0, 0.1) is 0 Å². The molecule has 0 aliphatic rings. The molecular weight excluding hydrogens is 394 g/mol. The summed E-state index contributed by atoms with van der Waals surface area (Å²) in [6.45, 7) is 0. The van der Waals surface area contributed by atoms with Crippen LogP contribution < -0.4 is 14.8 Å². The molecule has 0 atom stereocenters. The van der Waals surface area contributed by atoms with E-state index in [1.165, 1.54) is 0 Å². The van der Waals surface area contributed by atoms with E-state index < -0.39 is 0 Å². The first-order chi connectivity index (χ1) is 15.2. The maximum Gasteiger partial charge on any atom is 0.258 e. The molecule has 1 heterocycles. The molecule has 0 bridgehead atoms. The second kappa shape index (κ2) is 9.13. The zero-order valence-electron chi connectivity index (χ0n) is 17.2. The van der Waals surface area contributed by atoms with Crippen molar-refractivity contribution in [1.82, 2.24) is 10.1 Å². The highest BCUT2D eigenvalue weighted by molar-refractivity contribution is 5.92. The molecule has 4 aromatic rings. The number of para-hydroxylation sites is 1. The van der Waals surface area contributed by atoms with Gasteiger partial charge in [-0.3, -0.25) is 4.79 Å². The van der Waals surface area contributed by atoms with Crippen LogP contribution in [0.25, 0.3) is 22.8 Å². The Labute approximate surface area is 179 Å². The van der Waals surface area contributed by atoms with Gasteiger partial charge >= 0.3 is 0 Å². The van der Waals surface area contributed by atoms with Gasteiger partial charge in [-0.05, 0) is 48.0 Å². The van der Waals surface area contributed by atoms with Crippen molar-refractivity contribution in [2.24, 2.45) is 0 Å². The number of hydrogen-bond donors (Lipinski definition) is 1. The summed E-state index contributed by atoms with van der Waals surface area (Å²) < 4.78 is 15.9. The maximum absolute atomic E-state index is 12.4. The summed E-state index contributed by atoms with van der Waals surface area (Å²) in [6.07, 6.45) is 0.257. The highest BCUT2D eigenvalue weighted by Gasteiger charge is 2.15. The van der Waals surface area contributed by atoms with E-state index in [1.54, 1.807) is 20.3 Å². The molecule has 7 heteroatoms. The fourth-order valence-electron chi connectivity index (χ4n) is 3.14. The Bertz CT molecular complexity index is 1190. The van der Waals surface area contributed by atoms with Gasteiger partial charge in [0.05, 0.1) is 26.2 Å². The van der Waals surface area contributed by atoms with E-state index in [2.05, 4.69) is 15.5 Å². The van der Waals surface area contributed by atoms with Crippen LogP contribution in [-0.4, -0.2) is 30.3 Å². The lowest BCUT2D eigenvalue weighted by Crippen LogP contribution is -2.14. The average Bonchev–Trinajstić information content (AvgIpc) is 3.30. The number of ether oxygens (including phenoxy) is 2. The Morgan fingerprint density at radius 3 is 2.55 bits per heavy atom. The van der Waals surface area contributed by atoms with Gasteiger partial charge in [0.25, 0.3) is 5.89 Å². The number of nitrogens with zero attached hydrogens (tertiary/aromatic N) is 2. The van der Waals surface area contributed by atoms with E-state index >= 15 is 0 Å². The van der Waals surface area contributed by atoms with Crippen LogP contribution in [-0.2, 0) is 11.2 Å². The van der Waals surface area contributed by atoms with Crippen molar-refractivity contribution in [2.75, 3.05) is 19.5 Å². The second-order valence-electron chi connectivity index (χ2n) is 6.78. The van der Waals surface area contributed by atoms with Crippen LogP contribution in [0.4, 0.5) is 5.69 Å². The molecule has 1 amide bonds. The maximum atomic E-state index is 12.4. The molecule has 0 fully saturated rings. The number of methoxy groups -OCH3 is 2. The molecule has 3 aromatic carbocycles. The predicted octanol–water partition coefficient (Wildman–Crippen LogP) is 4.60. The monoisotopic (exact) mass is 415 g/mol. The fourth-order valence-corrected chi connectivity index (χ4v) is 3.14. The highest BCUT2D eigenvalue weighted by Crippen LogP contribution is 2.29. The van der Waals surface area contributed by atoms with Crippen LogP contribution in [0.3, 0.4) is 0 Å². The Kier molecular flexibility index (Phi) is 5.93. The van der Waals surface area contributed by atoms with Crippen molar-refractivity contribution in [2.45, 2.75) is 6.42 Å². The molecule has 1 N–H and O–H groups in total. The minimum atomic E-state index is -0.123. The topological polar surface area (TPSA) is 86.5 Å². The van der Waals surface area contributed by atoms with Gasteiger partial charge in [0, 0.05) is 11.3 Å². The number of hydrogen-bond acceptors (Lipinski definition) is 6. The summed E-state index contributed by atoms with van der Waals surface area (Å²) in [5, 5.41) is 6.97. The minimum absolute atomic E-state index is 0.123. The van der Waals surface area contributed by atoms with E-state index in [-0.39, 0.29) is 12.3 Å². The zero-order valence-corrected chi connectivity index (χ0v) is 17.2. The van der Waals surface area contributed by atoms with Crippen molar-refractivity contribution < 1.29 is 18.8 Å². The number of amides is 1. The largest absolute Gasteiger partial charge is 0.497 e. The predicted molar refractivity (Wildman–Crippen MR) is 117 cm³/mol. The lowest BCUT2D eigenvalue weighted by Gasteiger charge is -2.07. The quantitative estimate of drug-likeness (QED) is 0.475. The third kappa shape index (κ3) is 4.72. The summed E-state index contributed by atoms with van der Waals surface area (Å²) in [5.41, 5.74) is 2.99. The molecule has 1 aromatic heterocycles. The van der Waals surface area contributed by atoms with Gasteiger partial charge in [0.2, 0.25) is 11.7 Å². The molecule has 0 saturated heterocycles. The van der Waals surface area contributed by atoms with Crippen LogP contribution in [0.2, 0.25) is 0 Å². The lowest BCUT2D eigenvalue weighted by molar-refractivity contribution is -0.115. The molecule has 0 aliphatic carbocycles. The minimum Gasteiger partial charge on any atom is -0.497 e. The van der Waals surface area contributed by atoms with Gasteiger partial charge in [-0.2, -0.15) is 4.98 Å². The molecule has 0 unspecified atom stereocenters. The summed E-state index contributed by atoms with van der Waals surface area (Å²) >= 11 is 0. The number of carbonyl (C=O) groups is 1. The van der Waals surface area contributed by atoms with Crippen molar-refractivity contribution >= 4 is 11.6 Å². The molecular formula is C24H21N3O4. The molecule has 0 saturated carbocycles. The van der Waals surface area contributed by atoms with Gasteiger partial charge in [-0.15, -0.1) is 0 Å². The molecule has 0 spiro atoms. The van der Waals surface area contributed by atoms with Crippen LogP contribution >= 0.6 is 0 Å². The normalized spacial score (nSPS) is 10.5. The van der Waals surface area contributed by atoms with Gasteiger partial charge in [-0.25, -0.2) is 0 Å². The summed E-state index contributed by atoms with van der Waals surface area (Å²) in [5.74, 6) is 2.08. The van der Waals surface area contributed by atoms with E-state index in [0.717, 1.165) is 16.9 Å².